The molecule has 1 aliphatic heterocycles. The summed E-state index contributed by atoms with van der Waals surface area (Å²) in [4.78, 5) is 24.3. The van der Waals surface area contributed by atoms with Gasteiger partial charge in [0.05, 0.1) is 18.9 Å². The normalized spacial score (nSPS) is 20.5. The Hall–Kier alpha value is -2.45. The molecule has 0 spiro atoms. The molecule has 1 fully saturated rings. The second-order valence-corrected chi connectivity index (χ2v) is 6.06. The predicted octanol–water partition coefficient (Wildman–Crippen LogP) is 3.04. The summed E-state index contributed by atoms with van der Waals surface area (Å²) in [6, 6.07) is 2.59. The summed E-state index contributed by atoms with van der Waals surface area (Å²) in [5.41, 5.74) is 1.86. The molecule has 138 valence electrons. The third-order valence-electron chi connectivity index (χ3n) is 4.33. The first-order valence-electron chi connectivity index (χ1n) is 7.55. The number of rotatable bonds is 3. The maximum atomic E-state index is 13.0. The minimum Gasteiger partial charge on any atom is -0.496 e. The summed E-state index contributed by atoms with van der Waals surface area (Å²) in [6.07, 6.45) is -4.68. The van der Waals surface area contributed by atoms with Gasteiger partial charge in [-0.1, -0.05) is 0 Å². The van der Waals surface area contributed by atoms with Gasteiger partial charge in [0, 0.05) is 18.8 Å². The molecule has 1 aliphatic rings. The van der Waals surface area contributed by atoms with Gasteiger partial charge in [0.2, 0.25) is 0 Å². The van der Waals surface area contributed by atoms with Gasteiger partial charge in [0.15, 0.2) is 0 Å². The van der Waals surface area contributed by atoms with Gasteiger partial charge in [-0.25, -0.2) is 4.79 Å². The van der Waals surface area contributed by atoms with E-state index in [1.807, 2.05) is 0 Å². The van der Waals surface area contributed by atoms with Crippen molar-refractivity contribution in [2.75, 3.05) is 25.5 Å². The summed E-state index contributed by atoms with van der Waals surface area (Å²) in [5.74, 6) is -4.67. The number of halogens is 3. The van der Waals surface area contributed by atoms with Crippen molar-refractivity contribution in [1.29, 1.82) is 0 Å². The number of amides is 2. The topological polar surface area (TPSA) is 78.9 Å². The van der Waals surface area contributed by atoms with Gasteiger partial charge >= 0.3 is 18.2 Å². The van der Waals surface area contributed by atoms with Crippen molar-refractivity contribution in [1.82, 2.24) is 4.90 Å². The van der Waals surface area contributed by atoms with E-state index in [4.69, 9.17) is 9.84 Å². The van der Waals surface area contributed by atoms with Crippen LogP contribution < -0.4 is 10.1 Å². The molecule has 0 unspecified atom stereocenters. The highest BCUT2D eigenvalue weighted by Gasteiger charge is 2.53. The summed E-state index contributed by atoms with van der Waals surface area (Å²) < 4.78 is 44.2. The maximum Gasteiger partial charge on any atom is 0.394 e. The van der Waals surface area contributed by atoms with Crippen LogP contribution in [0.15, 0.2) is 12.1 Å². The molecule has 0 bridgehead atoms. The second-order valence-electron chi connectivity index (χ2n) is 6.06. The molecule has 0 saturated carbocycles. The van der Waals surface area contributed by atoms with Crippen LogP contribution in [0.5, 0.6) is 5.75 Å². The minimum absolute atomic E-state index is 0.436. The fraction of sp³-hybridized carbons (Fsp3) is 0.500. The van der Waals surface area contributed by atoms with Gasteiger partial charge in [-0.2, -0.15) is 13.2 Å². The maximum absolute atomic E-state index is 13.0. The lowest BCUT2D eigenvalue weighted by Crippen LogP contribution is -2.35. The van der Waals surface area contributed by atoms with Crippen LogP contribution in [-0.4, -0.2) is 48.4 Å². The molecule has 2 amide bonds. The number of carbonyl (C=O) groups excluding carboxylic acids is 1. The standard InChI is InChI=1S/C16H19F3N2O4/c1-8-5-13(25-3)9(2)4-12(8)20-15(24)21-6-10(14(22)23)11(7-21)16(17,18)19/h4-5,10-11H,6-7H2,1-3H3,(H,20,24)(H,22,23)/t10-,11-/m1/s1. The highest BCUT2D eigenvalue weighted by Crippen LogP contribution is 2.38. The van der Waals surface area contributed by atoms with Crippen molar-refractivity contribution < 1.29 is 32.6 Å². The van der Waals surface area contributed by atoms with Crippen molar-refractivity contribution >= 4 is 17.7 Å². The molecule has 0 radical (unpaired) electrons. The number of aryl methyl sites for hydroxylation is 2. The lowest BCUT2D eigenvalue weighted by Gasteiger charge is -2.20. The number of likely N-dealkylation sites (tertiary alicyclic amines) is 1. The molecule has 9 heteroatoms. The van der Waals surface area contributed by atoms with Crippen LogP contribution in [0, 0.1) is 25.7 Å². The molecule has 2 atom stereocenters. The van der Waals surface area contributed by atoms with Gasteiger partial charge in [0.1, 0.15) is 5.75 Å². The Kier molecular flexibility index (Phi) is 5.15. The number of hydrogen-bond donors (Lipinski definition) is 2. The van der Waals surface area contributed by atoms with Crippen LogP contribution in [0.2, 0.25) is 0 Å². The average Bonchev–Trinajstić information content (AvgIpc) is 2.96. The van der Waals surface area contributed by atoms with Gasteiger partial charge in [-0.15, -0.1) is 0 Å². The molecular weight excluding hydrogens is 341 g/mol. The van der Waals surface area contributed by atoms with Crippen LogP contribution in [0.25, 0.3) is 0 Å². The number of anilines is 1. The number of alkyl halides is 3. The molecule has 0 aromatic heterocycles. The fourth-order valence-electron chi connectivity index (χ4n) is 2.89. The Labute approximate surface area is 142 Å². The van der Waals surface area contributed by atoms with Crippen molar-refractivity contribution in [3.63, 3.8) is 0 Å². The number of ether oxygens (including phenoxy) is 1. The van der Waals surface area contributed by atoms with Crippen molar-refractivity contribution in [3.8, 4) is 5.75 Å². The van der Waals surface area contributed by atoms with E-state index in [1.165, 1.54) is 7.11 Å². The summed E-state index contributed by atoms with van der Waals surface area (Å²) >= 11 is 0. The Bertz CT molecular complexity index is 691. The molecule has 6 nitrogen and oxygen atoms in total. The van der Waals surface area contributed by atoms with Crippen LogP contribution in [0.4, 0.5) is 23.7 Å². The molecule has 1 aromatic rings. The van der Waals surface area contributed by atoms with Crippen molar-refractivity contribution in [3.05, 3.63) is 23.3 Å². The molecule has 2 N–H and O–H groups in total. The number of nitrogens with one attached hydrogen (secondary N) is 1. The number of aliphatic carboxylic acids is 1. The number of hydrogen-bond acceptors (Lipinski definition) is 3. The number of carboxylic acids is 1. The summed E-state index contributed by atoms with van der Waals surface area (Å²) in [6.45, 7) is 2.32. The van der Waals surface area contributed by atoms with E-state index in [1.54, 1.807) is 26.0 Å². The van der Waals surface area contributed by atoms with E-state index in [0.29, 0.717) is 17.0 Å². The Morgan fingerprint density at radius 1 is 1.24 bits per heavy atom. The van der Waals surface area contributed by atoms with E-state index in [0.717, 1.165) is 10.5 Å². The SMILES string of the molecule is COc1cc(C)c(NC(=O)N2C[C@@H](C(F)(F)F)[C@H](C(=O)O)C2)cc1C. The number of urea groups is 1. The van der Waals surface area contributed by atoms with E-state index in [9.17, 15) is 22.8 Å². The lowest BCUT2D eigenvalue weighted by atomic mass is 9.96. The zero-order chi connectivity index (χ0) is 18.9. The predicted molar refractivity (Wildman–Crippen MR) is 83.7 cm³/mol. The Balaban J connectivity index is 2.17. The van der Waals surface area contributed by atoms with Crippen LogP contribution >= 0.6 is 0 Å². The lowest BCUT2D eigenvalue weighted by molar-refractivity contribution is -0.187. The fourth-order valence-corrected chi connectivity index (χ4v) is 2.89. The second kappa shape index (κ2) is 6.81. The zero-order valence-electron chi connectivity index (χ0n) is 14.0. The van der Waals surface area contributed by atoms with Crippen LogP contribution in [-0.2, 0) is 4.79 Å². The number of carbonyl (C=O) groups is 2. The Morgan fingerprint density at radius 2 is 1.88 bits per heavy atom. The number of carboxylic acid groups (broad SMARTS) is 1. The van der Waals surface area contributed by atoms with Crippen LogP contribution in [0.3, 0.4) is 0 Å². The molecular formula is C16H19F3N2O4. The average molecular weight is 360 g/mol. The van der Waals surface area contributed by atoms with Gasteiger partial charge in [-0.05, 0) is 37.1 Å². The van der Waals surface area contributed by atoms with E-state index in [2.05, 4.69) is 5.32 Å². The molecule has 2 rings (SSSR count). The molecule has 1 heterocycles. The molecule has 0 aliphatic carbocycles. The van der Waals surface area contributed by atoms with Crippen molar-refractivity contribution in [2.24, 2.45) is 11.8 Å². The first-order chi connectivity index (χ1) is 11.5. The largest absolute Gasteiger partial charge is 0.496 e. The van der Waals surface area contributed by atoms with Crippen LogP contribution in [0.1, 0.15) is 11.1 Å². The number of benzene rings is 1. The molecule has 1 saturated heterocycles. The third-order valence-corrected chi connectivity index (χ3v) is 4.33. The first kappa shape index (κ1) is 18.9. The molecule has 1 aromatic carbocycles. The van der Waals surface area contributed by atoms with E-state index in [-0.39, 0.29) is 0 Å². The zero-order valence-corrected chi connectivity index (χ0v) is 14.0. The van der Waals surface area contributed by atoms with E-state index < -0.39 is 43.1 Å². The minimum atomic E-state index is -4.68. The quantitative estimate of drug-likeness (QED) is 0.868. The molecule has 25 heavy (non-hydrogen) atoms. The smallest absolute Gasteiger partial charge is 0.394 e. The van der Waals surface area contributed by atoms with E-state index >= 15 is 0 Å². The number of methoxy groups -OCH3 is 1. The third kappa shape index (κ3) is 3.97. The number of nitrogens with zero attached hydrogens (tertiary/aromatic N) is 1. The summed E-state index contributed by atoms with van der Waals surface area (Å²) in [5, 5.41) is 11.5. The Morgan fingerprint density at radius 3 is 2.36 bits per heavy atom. The first-order valence-corrected chi connectivity index (χ1v) is 7.55. The van der Waals surface area contributed by atoms with Gasteiger partial charge in [0.25, 0.3) is 0 Å². The van der Waals surface area contributed by atoms with Gasteiger partial charge < -0.3 is 20.1 Å². The van der Waals surface area contributed by atoms with Gasteiger partial charge in [-0.3, -0.25) is 4.79 Å². The van der Waals surface area contributed by atoms with Crippen molar-refractivity contribution in [2.45, 2.75) is 20.0 Å². The highest BCUT2D eigenvalue weighted by atomic mass is 19.4. The highest BCUT2D eigenvalue weighted by molar-refractivity contribution is 5.91. The monoisotopic (exact) mass is 360 g/mol. The summed E-state index contributed by atoms with van der Waals surface area (Å²) in [7, 11) is 1.51.